The molecule has 8 nitrogen and oxygen atoms in total. The zero-order valence-corrected chi connectivity index (χ0v) is 16.8. The van der Waals surface area contributed by atoms with Gasteiger partial charge in [0.25, 0.3) is 5.91 Å². The van der Waals surface area contributed by atoms with Crippen LogP contribution < -0.4 is 14.4 Å². The Labute approximate surface area is 174 Å². The van der Waals surface area contributed by atoms with E-state index >= 15 is 0 Å². The van der Waals surface area contributed by atoms with Gasteiger partial charge in [0.2, 0.25) is 0 Å². The summed E-state index contributed by atoms with van der Waals surface area (Å²) >= 11 is 0. The Morgan fingerprint density at radius 2 is 1.67 bits per heavy atom. The standard InChI is InChI=1S/C22H23N5O3/c1-16-23-19(25-7-2-3-8-25)15-20(24-16)26-9-11-27(12-10-26)22(28)17-5-4-6-18-21(17)30-14-13-29-18/h2-8,15H,9-14H2,1H3. The van der Waals surface area contributed by atoms with E-state index in [-0.39, 0.29) is 5.91 Å². The SMILES string of the molecule is Cc1nc(N2CCN(C(=O)c3cccc4c3OCCO4)CC2)cc(-n2cccc2)n1. The van der Waals surface area contributed by atoms with Crippen LogP contribution in [0, 0.1) is 6.92 Å². The Bertz CT molecular complexity index is 1060. The molecule has 30 heavy (non-hydrogen) atoms. The van der Waals surface area contributed by atoms with E-state index in [2.05, 4.69) is 14.9 Å². The van der Waals surface area contributed by atoms with Crippen LogP contribution in [0.5, 0.6) is 11.5 Å². The number of piperazine rings is 1. The van der Waals surface area contributed by atoms with Crippen LogP contribution in [0.1, 0.15) is 16.2 Å². The molecular weight excluding hydrogens is 382 g/mol. The molecule has 2 aliphatic heterocycles. The van der Waals surface area contributed by atoms with Gasteiger partial charge in [0.15, 0.2) is 11.5 Å². The number of para-hydroxylation sites is 1. The highest BCUT2D eigenvalue weighted by Crippen LogP contribution is 2.34. The lowest BCUT2D eigenvalue weighted by atomic mass is 10.1. The van der Waals surface area contributed by atoms with Crippen molar-refractivity contribution >= 4 is 11.7 Å². The minimum atomic E-state index is -0.0242. The van der Waals surface area contributed by atoms with Crippen LogP contribution in [0.2, 0.25) is 0 Å². The Morgan fingerprint density at radius 3 is 2.47 bits per heavy atom. The summed E-state index contributed by atoms with van der Waals surface area (Å²) in [6, 6.07) is 11.4. The van der Waals surface area contributed by atoms with Crippen molar-refractivity contribution in [1.29, 1.82) is 0 Å². The Morgan fingerprint density at radius 1 is 0.933 bits per heavy atom. The second-order valence-electron chi connectivity index (χ2n) is 7.33. The van der Waals surface area contributed by atoms with Gasteiger partial charge in [-0.1, -0.05) is 6.07 Å². The molecule has 3 aromatic rings. The van der Waals surface area contributed by atoms with Gasteiger partial charge >= 0.3 is 0 Å². The van der Waals surface area contributed by atoms with Crippen molar-refractivity contribution in [1.82, 2.24) is 19.4 Å². The van der Waals surface area contributed by atoms with Gasteiger partial charge < -0.3 is 23.8 Å². The topological polar surface area (TPSA) is 72.7 Å². The number of ether oxygens (including phenoxy) is 2. The van der Waals surface area contributed by atoms with Crippen LogP contribution in [-0.2, 0) is 0 Å². The summed E-state index contributed by atoms with van der Waals surface area (Å²) in [6.45, 7) is 5.52. The summed E-state index contributed by atoms with van der Waals surface area (Å²) in [4.78, 5) is 26.3. The molecule has 154 valence electrons. The Balaban J connectivity index is 1.31. The Hall–Kier alpha value is -3.55. The number of hydrogen-bond acceptors (Lipinski definition) is 6. The molecule has 1 aromatic carbocycles. The maximum Gasteiger partial charge on any atom is 0.257 e. The van der Waals surface area contributed by atoms with Crippen molar-refractivity contribution in [3.05, 3.63) is 60.2 Å². The van der Waals surface area contributed by atoms with Gasteiger partial charge in [-0.2, -0.15) is 0 Å². The molecule has 2 aromatic heterocycles. The molecule has 0 N–H and O–H groups in total. The third-order valence-corrected chi connectivity index (χ3v) is 5.37. The molecule has 0 saturated carbocycles. The van der Waals surface area contributed by atoms with E-state index in [1.54, 1.807) is 6.07 Å². The largest absolute Gasteiger partial charge is 0.486 e. The quantitative estimate of drug-likeness (QED) is 0.666. The smallest absolute Gasteiger partial charge is 0.257 e. The molecular formula is C22H23N5O3. The molecule has 1 saturated heterocycles. The van der Waals surface area contributed by atoms with Gasteiger partial charge in [-0.15, -0.1) is 0 Å². The minimum absolute atomic E-state index is 0.0242. The second-order valence-corrected chi connectivity index (χ2v) is 7.33. The molecule has 2 aliphatic rings. The molecule has 0 aliphatic carbocycles. The lowest BCUT2D eigenvalue weighted by Crippen LogP contribution is -2.49. The molecule has 0 unspecified atom stereocenters. The van der Waals surface area contributed by atoms with E-state index in [1.165, 1.54) is 0 Å². The average molecular weight is 405 g/mol. The first-order valence-electron chi connectivity index (χ1n) is 10.1. The molecule has 0 spiro atoms. The van der Waals surface area contributed by atoms with Gasteiger partial charge in [-0.25, -0.2) is 9.97 Å². The highest BCUT2D eigenvalue weighted by molar-refractivity contribution is 5.98. The first kappa shape index (κ1) is 18.5. The number of amides is 1. The molecule has 4 heterocycles. The molecule has 0 bridgehead atoms. The number of fused-ring (bicyclic) bond motifs is 1. The van der Waals surface area contributed by atoms with E-state index in [9.17, 15) is 4.79 Å². The summed E-state index contributed by atoms with van der Waals surface area (Å²) in [5, 5.41) is 0. The number of hydrogen-bond donors (Lipinski definition) is 0. The normalized spacial score (nSPS) is 15.9. The van der Waals surface area contributed by atoms with Crippen LogP contribution in [0.15, 0.2) is 48.8 Å². The van der Waals surface area contributed by atoms with Crippen molar-refractivity contribution in [2.24, 2.45) is 0 Å². The zero-order chi connectivity index (χ0) is 20.5. The molecule has 0 atom stereocenters. The summed E-state index contributed by atoms with van der Waals surface area (Å²) < 4.78 is 13.3. The molecule has 1 amide bonds. The predicted molar refractivity (Wildman–Crippen MR) is 112 cm³/mol. The van der Waals surface area contributed by atoms with E-state index in [1.807, 2.05) is 59.1 Å². The fourth-order valence-corrected chi connectivity index (χ4v) is 3.87. The van der Waals surface area contributed by atoms with Crippen molar-refractivity contribution in [3.63, 3.8) is 0 Å². The van der Waals surface area contributed by atoms with Gasteiger partial charge in [0.05, 0.1) is 5.56 Å². The van der Waals surface area contributed by atoms with Crippen LogP contribution >= 0.6 is 0 Å². The number of rotatable bonds is 3. The van der Waals surface area contributed by atoms with Crippen LogP contribution in [-0.4, -0.2) is 64.7 Å². The lowest BCUT2D eigenvalue weighted by molar-refractivity contribution is 0.0736. The predicted octanol–water partition coefficient (Wildman–Crippen LogP) is 2.31. The number of aryl methyl sites for hydroxylation is 1. The van der Waals surface area contributed by atoms with E-state index in [4.69, 9.17) is 9.47 Å². The maximum absolute atomic E-state index is 13.1. The summed E-state index contributed by atoms with van der Waals surface area (Å²) in [7, 11) is 0. The van der Waals surface area contributed by atoms with Gasteiger partial charge in [-0.3, -0.25) is 4.79 Å². The average Bonchev–Trinajstić information content (AvgIpc) is 3.33. The highest BCUT2D eigenvalue weighted by atomic mass is 16.6. The van der Waals surface area contributed by atoms with Crippen LogP contribution in [0.25, 0.3) is 5.82 Å². The fraction of sp³-hybridized carbons (Fsp3) is 0.318. The van der Waals surface area contributed by atoms with E-state index < -0.39 is 0 Å². The molecule has 1 fully saturated rings. The molecule has 0 radical (unpaired) electrons. The zero-order valence-electron chi connectivity index (χ0n) is 16.8. The third-order valence-electron chi connectivity index (χ3n) is 5.37. The number of benzene rings is 1. The number of aromatic nitrogens is 3. The van der Waals surface area contributed by atoms with E-state index in [0.717, 1.165) is 17.5 Å². The lowest BCUT2D eigenvalue weighted by Gasteiger charge is -2.36. The monoisotopic (exact) mass is 405 g/mol. The highest BCUT2D eigenvalue weighted by Gasteiger charge is 2.27. The number of carbonyl (C=O) groups excluding carboxylic acids is 1. The van der Waals surface area contributed by atoms with E-state index in [0.29, 0.717) is 56.5 Å². The number of anilines is 1. The van der Waals surface area contributed by atoms with Crippen LogP contribution in [0.3, 0.4) is 0 Å². The first-order chi connectivity index (χ1) is 14.7. The molecule has 8 heteroatoms. The first-order valence-corrected chi connectivity index (χ1v) is 10.1. The summed E-state index contributed by atoms with van der Waals surface area (Å²) in [5.74, 6) is 3.62. The van der Waals surface area contributed by atoms with Crippen molar-refractivity contribution in [2.75, 3.05) is 44.3 Å². The number of carbonyl (C=O) groups is 1. The molecule has 5 rings (SSSR count). The second kappa shape index (κ2) is 7.70. The minimum Gasteiger partial charge on any atom is -0.486 e. The van der Waals surface area contributed by atoms with Crippen molar-refractivity contribution < 1.29 is 14.3 Å². The Kier molecular flexibility index (Phi) is 4.74. The third kappa shape index (κ3) is 3.45. The number of nitrogens with zero attached hydrogens (tertiary/aromatic N) is 5. The summed E-state index contributed by atoms with van der Waals surface area (Å²) in [6.07, 6.45) is 3.93. The fourth-order valence-electron chi connectivity index (χ4n) is 3.87. The van der Waals surface area contributed by atoms with Crippen molar-refractivity contribution in [3.8, 4) is 17.3 Å². The van der Waals surface area contributed by atoms with Gasteiger partial charge in [0, 0.05) is 44.6 Å². The van der Waals surface area contributed by atoms with Gasteiger partial charge in [-0.05, 0) is 31.2 Å². The summed E-state index contributed by atoms with van der Waals surface area (Å²) in [5.41, 5.74) is 0.563. The van der Waals surface area contributed by atoms with Gasteiger partial charge in [0.1, 0.15) is 30.7 Å². The maximum atomic E-state index is 13.1. The van der Waals surface area contributed by atoms with Crippen LogP contribution in [0.4, 0.5) is 5.82 Å². The van der Waals surface area contributed by atoms with Crippen molar-refractivity contribution in [2.45, 2.75) is 6.92 Å².